The summed E-state index contributed by atoms with van der Waals surface area (Å²) in [6.45, 7) is 4.81. The fraction of sp³-hybridized carbons (Fsp3) is 0.263. The third kappa shape index (κ3) is 5.43. The lowest BCUT2D eigenvalue weighted by Crippen LogP contribution is -2.24. The van der Waals surface area contributed by atoms with E-state index in [1.165, 1.54) is 0 Å². The maximum atomic E-state index is 12.0. The monoisotopic (exact) mass is 325 g/mol. The van der Waals surface area contributed by atoms with Crippen LogP contribution in [0.4, 0.5) is 11.4 Å². The second kappa shape index (κ2) is 8.72. The zero-order valence-corrected chi connectivity index (χ0v) is 14.1. The largest absolute Gasteiger partial charge is 0.376 e. The fourth-order valence-electron chi connectivity index (χ4n) is 2.19. The van der Waals surface area contributed by atoms with E-state index in [0.29, 0.717) is 12.1 Å². The van der Waals surface area contributed by atoms with Gasteiger partial charge in [-0.3, -0.25) is 9.59 Å². The lowest BCUT2D eigenvalue weighted by molar-refractivity contribution is -0.114. The van der Waals surface area contributed by atoms with Gasteiger partial charge >= 0.3 is 0 Å². The van der Waals surface area contributed by atoms with Crippen molar-refractivity contribution in [2.45, 2.75) is 20.3 Å². The number of nitrogens with one attached hydrogen (secondary N) is 3. The molecule has 126 valence electrons. The van der Waals surface area contributed by atoms with E-state index in [1.807, 2.05) is 38.1 Å². The first-order chi connectivity index (χ1) is 11.6. The summed E-state index contributed by atoms with van der Waals surface area (Å²) in [5.41, 5.74) is 3.28. The zero-order valence-electron chi connectivity index (χ0n) is 14.1. The molecule has 0 aromatic heterocycles. The molecule has 5 nitrogen and oxygen atoms in total. The highest BCUT2D eigenvalue weighted by molar-refractivity contribution is 5.95. The smallest absolute Gasteiger partial charge is 0.251 e. The van der Waals surface area contributed by atoms with Crippen LogP contribution in [0.15, 0.2) is 48.5 Å². The van der Waals surface area contributed by atoms with Crippen LogP contribution in [-0.2, 0) is 4.79 Å². The Hall–Kier alpha value is -2.82. The molecule has 2 aromatic rings. The number of carbonyl (C=O) groups is 2. The molecule has 0 aliphatic heterocycles. The van der Waals surface area contributed by atoms with E-state index in [1.54, 1.807) is 24.3 Å². The van der Waals surface area contributed by atoms with Crippen LogP contribution in [0.3, 0.4) is 0 Å². The number of anilines is 2. The number of benzene rings is 2. The van der Waals surface area contributed by atoms with Crippen LogP contribution in [0.5, 0.6) is 0 Å². The Kier molecular flexibility index (Phi) is 6.37. The molecule has 24 heavy (non-hydrogen) atoms. The summed E-state index contributed by atoms with van der Waals surface area (Å²) in [7, 11) is 0. The minimum atomic E-state index is -0.120. The molecule has 3 N–H and O–H groups in total. The van der Waals surface area contributed by atoms with Crippen LogP contribution in [0.1, 0.15) is 29.3 Å². The molecular formula is C19H23N3O2. The SMILES string of the molecule is CCCNC(=O)c1ccc(NCC(=O)Nc2cccc(C)c2)cc1. The van der Waals surface area contributed by atoms with Gasteiger partial charge in [0.05, 0.1) is 6.54 Å². The lowest BCUT2D eigenvalue weighted by Gasteiger charge is -2.09. The van der Waals surface area contributed by atoms with E-state index in [-0.39, 0.29) is 18.4 Å². The van der Waals surface area contributed by atoms with E-state index < -0.39 is 0 Å². The van der Waals surface area contributed by atoms with Gasteiger partial charge in [0.15, 0.2) is 0 Å². The molecule has 0 fully saturated rings. The number of carbonyl (C=O) groups excluding carboxylic acids is 2. The molecule has 2 amide bonds. The highest BCUT2D eigenvalue weighted by Crippen LogP contribution is 2.11. The highest BCUT2D eigenvalue weighted by Gasteiger charge is 2.05. The minimum Gasteiger partial charge on any atom is -0.376 e. The van der Waals surface area contributed by atoms with Gasteiger partial charge in [-0.2, -0.15) is 0 Å². The van der Waals surface area contributed by atoms with Crippen molar-refractivity contribution in [1.82, 2.24) is 5.32 Å². The van der Waals surface area contributed by atoms with Crippen molar-refractivity contribution >= 4 is 23.2 Å². The standard InChI is InChI=1S/C19H23N3O2/c1-3-11-20-19(24)15-7-9-16(10-8-15)21-13-18(23)22-17-6-4-5-14(2)12-17/h4-10,12,21H,3,11,13H2,1-2H3,(H,20,24)(H,22,23). The molecule has 0 spiro atoms. The molecule has 0 bridgehead atoms. The van der Waals surface area contributed by atoms with E-state index >= 15 is 0 Å². The average molecular weight is 325 g/mol. The summed E-state index contributed by atoms with van der Waals surface area (Å²) >= 11 is 0. The Bertz CT molecular complexity index is 696. The second-order valence-electron chi connectivity index (χ2n) is 5.60. The van der Waals surface area contributed by atoms with Crippen LogP contribution < -0.4 is 16.0 Å². The molecule has 5 heteroatoms. The summed E-state index contributed by atoms with van der Waals surface area (Å²) in [6.07, 6.45) is 0.904. The van der Waals surface area contributed by atoms with Crippen molar-refractivity contribution < 1.29 is 9.59 Å². The first-order valence-corrected chi connectivity index (χ1v) is 8.07. The highest BCUT2D eigenvalue weighted by atomic mass is 16.2. The number of rotatable bonds is 7. The van der Waals surface area contributed by atoms with Crippen molar-refractivity contribution in [1.29, 1.82) is 0 Å². The van der Waals surface area contributed by atoms with Gasteiger partial charge in [0.1, 0.15) is 0 Å². The molecule has 0 saturated heterocycles. The molecule has 0 heterocycles. The molecule has 2 rings (SSSR count). The number of hydrogen-bond donors (Lipinski definition) is 3. The van der Waals surface area contributed by atoms with Gasteiger partial charge < -0.3 is 16.0 Å². The summed E-state index contributed by atoms with van der Waals surface area (Å²) in [5, 5.41) is 8.71. The van der Waals surface area contributed by atoms with E-state index in [2.05, 4.69) is 16.0 Å². The summed E-state index contributed by atoms with van der Waals surface area (Å²) in [4.78, 5) is 23.8. The van der Waals surface area contributed by atoms with Gasteiger partial charge in [0.2, 0.25) is 5.91 Å². The Morgan fingerprint density at radius 1 is 1.00 bits per heavy atom. The topological polar surface area (TPSA) is 70.2 Å². The molecule has 0 radical (unpaired) electrons. The minimum absolute atomic E-state index is 0.0828. The number of amides is 2. The molecule has 2 aromatic carbocycles. The summed E-state index contributed by atoms with van der Waals surface area (Å²) in [5.74, 6) is -0.203. The quantitative estimate of drug-likeness (QED) is 0.732. The van der Waals surface area contributed by atoms with Gasteiger partial charge in [0, 0.05) is 23.5 Å². The van der Waals surface area contributed by atoms with E-state index in [4.69, 9.17) is 0 Å². The fourth-order valence-corrected chi connectivity index (χ4v) is 2.19. The van der Waals surface area contributed by atoms with Crippen molar-refractivity contribution in [2.75, 3.05) is 23.7 Å². The van der Waals surface area contributed by atoms with E-state index in [0.717, 1.165) is 23.4 Å². The number of hydrogen-bond acceptors (Lipinski definition) is 3. The molecule has 0 aliphatic rings. The van der Waals surface area contributed by atoms with Crippen LogP contribution in [0.25, 0.3) is 0 Å². The summed E-state index contributed by atoms with van der Waals surface area (Å²) < 4.78 is 0. The third-order valence-electron chi connectivity index (χ3n) is 3.44. The van der Waals surface area contributed by atoms with Crippen LogP contribution >= 0.6 is 0 Å². The van der Waals surface area contributed by atoms with Crippen molar-refractivity contribution in [3.8, 4) is 0 Å². The Morgan fingerprint density at radius 3 is 2.42 bits per heavy atom. The van der Waals surface area contributed by atoms with Gasteiger partial charge in [0.25, 0.3) is 5.91 Å². The van der Waals surface area contributed by atoms with Gasteiger partial charge in [-0.25, -0.2) is 0 Å². The molecule has 0 unspecified atom stereocenters. The predicted octanol–water partition coefficient (Wildman–Crippen LogP) is 3.19. The first kappa shape index (κ1) is 17.5. The maximum absolute atomic E-state index is 12.0. The molecule has 0 atom stereocenters. The van der Waals surface area contributed by atoms with Crippen LogP contribution in [0, 0.1) is 6.92 Å². The molecule has 0 aliphatic carbocycles. The summed E-state index contributed by atoms with van der Waals surface area (Å²) in [6, 6.07) is 14.7. The number of aryl methyl sites for hydroxylation is 1. The first-order valence-electron chi connectivity index (χ1n) is 8.07. The van der Waals surface area contributed by atoms with Crippen molar-refractivity contribution in [3.63, 3.8) is 0 Å². The zero-order chi connectivity index (χ0) is 17.4. The Balaban J connectivity index is 1.83. The third-order valence-corrected chi connectivity index (χ3v) is 3.44. The van der Waals surface area contributed by atoms with Gasteiger partial charge in [-0.1, -0.05) is 19.1 Å². The van der Waals surface area contributed by atoms with Crippen molar-refractivity contribution in [3.05, 3.63) is 59.7 Å². The van der Waals surface area contributed by atoms with Crippen molar-refractivity contribution in [2.24, 2.45) is 0 Å². The van der Waals surface area contributed by atoms with Gasteiger partial charge in [-0.05, 0) is 55.3 Å². The van der Waals surface area contributed by atoms with Crippen LogP contribution in [-0.4, -0.2) is 24.9 Å². The maximum Gasteiger partial charge on any atom is 0.251 e. The Morgan fingerprint density at radius 2 is 1.75 bits per heavy atom. The van der Waals surface area contributed by atoms with Crippen LogP contribution in [0.2, 0.25) is 0 Å². The molecule has 0 saturated carbocycles. The Labute approximate surface area is 142 Å². The lowest BCUT2D eigenvalue weighted by atomic mass is 10.2. The van der Waals surface area contributed by atoms with E-state index in [9.17, 15) is 9.59 Å². The predicted molar refractivity (Wildman–Crippen MR) is 97.4 cm³/mol. The second-order valence-corrected chi connectivity index (χ2v) is 5.60. The average Bonchev–Trinajstić information content (AvgIpc) is 2.58. The molecular weight excluding hydrogens is 302 g/mol. The normalized spacial score (nSPS) is 10.1. The van der Waals surface area contributed by atoms with Gasteiger partial charge in [-0.15, -0.1) is 0 Å².